The predicted molar refractivity (Wildman–Crippen MR) is 130 cm³/mol. The van der Waals surface area contributed by atoms with Crippen LogP contribution in [-0.2, 0) is 0 Å². The molecule has 0 aliphatic carbocycles. The van der Waals surface area contributed by atoms with Gasteiger partial charge < -0.3 is 18.9 Å². The Bertz CT molecular complexity index is 1060. The highest BCUT2D eigenvalue weighted by Crippen LogP contribution is 2.38. The molecule has 166 valence electrons. The molecular weight excluding hydrogens is 451 g/mol. The van der Waals surface area contributed by atoms with Crippen molar-refractivity contribution in [2.75, 3.05) is 28.4 Å². The van der Waals surface area contributed by atoms with E-state index in [1.165, 1.54) is 0 Å². The Hall–Kier alpha value is -3.22. The highest BCUT2D eigenvalue weighted by atomic mass is 35.5. The molecule has 0 spiro atoms. The van der Waals surface area contributed by atoms with Crippen LogP contribution >= 0.6 is 23.2 Å². The van der Waals surface area contributed by atoms with Gasteiger partial charge >= 0.3 is 0 Å². The van der Waals surface area contributed by atoms with Gasteiger partial charge in [0.15, 0.2) is 0 Å². The lowest BCUT2D eigenvalue weighted by atomic mass is 10.1. The summed E-state index contributed by atoms with van der Waals surface area (Å²) in [5.41, 5.74) is 3.02. The van der Waals surface area contributed by atoms with Gasteiger partial charge in [-0.1, -0.05) is 47.5 Å². The Morgan fingerprint density at radius 3 is 1.22 bits per heavy atom. The maximum Gasteiger partial charge on any atom is 0.148 e. The molecule has 6 nitrogen and oxygen atoms in total. The van der Waals surface area contributed by atoms with E-state index in [1.54, 1.807) is 65.1 Å². The molecule has 3 rings (SSSR count). The van der Waals surface area contributed by atoms with Crippen molar-refractivity contribution in [2.45, 2.75) is 0 Å². The Morgan fingerprint density at radius 2 is 0.906 bits per heavy atom. The Kier molecular flexibility index (Phi) is 7.98. The van der Waals surface area contributed by atoms with Crippen LogP contribution in [0, 0.1) is 0 Å². The monoisotopic (exact) mass is 472 g/mol. The molecule has 0 bridgehead atoms. The molecule has 0 amide bonds. The first kappa shape index (κ1) is 23.4. The number of halogens is 2. The zero-order chi connectivity index (χ0) is 23.1. The molecule has 0 radical (unpaired) electrons. The molecule has 0 N–H and O–H groups in total. The topological polar surface area (TPSA) is 61.6 Å². The van der Waals surface area contributed by atoms with Crippen LogP contribution < -0.4 is 18.9 Å². The number of nitrogens with zero attached hydrogens (tertiary/aromatic N) is 2. The lowest BCUT2D eigenvalue weighted by Gasteiger charge is -2.09. The van der Waals surface area contributed by atoms with E-state index in [-0.39, 0.29) is 0 Å². The minimum Gasteiger partial charge on any atom is -0.495 e. The normalized spacial score (nSPS) is 11.2. The van der Waals surface area contributed by atoms with E-state index in [9.17, 15) is 0 Å². The number of ether oxygens (including phenoxy) is 4. The van der Waals surface area contributed by atoms with Crippen molar-refractivity contribution in [2.24, 2.45) is 9.98 Å². The fourth-order valence-electron chi connectivity index (χ4n) is 2.85. The van der Waals surface area contributed by atoms with E-state index < -0.39 is 0 Å². The van der Waals surface area contributed by atoms with E-state index in [2.05, 4.69) is 9.98 Å². The van der Waals surface area contributed by atoms with E-state index in [1.807, 2.05) is 24.3 Å². The molecule has 32 heavy (non-hydrogen) atoms. The first-order chi connectivity index (χ1) is 15.5. The average Bonchev–Trinajstić information content (AvgIpc) is 2.82. The van der Waals surface area contributed by atoms with Gasteiger partial charge in [-0.05, 0) is 23.3 Å². The first-order valence-corrected chi connectivity index (χ1v) is 10.3. The molecule has 0 saturated carbocycles. The number of hydrogen-bond donors (Lipinski definition) is 0. The van der Waals surface area contributed by atoms with Crippen LogP contribution in [0.5, 0.6) is 23.0 Å². The minimum atomic E-state index is 0.459. The van der Waals surface area contributed by atoms with Crippen LogP contribution in [0.25, 0.3) is 0 Å². The number of benzene rings is 3. The second kappa shape index (κ2) is 10.9. The van der Waals surface area contributed by atoms with Gasteiger partial charge in [-0.25, -0.2) is 0 Å². The Morgan fingerprint density at radius 1 is 0.562 bits per heavy atom. The summed E-state index contributed by atoms with van der Waals surface area (Å²) in [7, 11) is 6.24. The van der Waals surface area contributed by atoms with Crippen LogP contribution in [-0.4, -0.2) is 40.9 Å². The molecular formula is C24H22Cl2N2O4. The number of hydrogen-bond acceptors (Lipinski definition) is 6. The van der Waals surface area contributed by atoms with Crippen molar-refractivity contribution in [1.82, 2.24) is 0 Å². The van der Waals surface area contributed by atoms with Gasteiger partial charge in [0.2, 0.25) is 0 Å². The zero-order valence-corrected chi connectivity index (χ0v) is 19.6. The second-order valence-electron chi connectivity index (χ2n) is 6.50. The lowest BCUT2D eigenvalue weighted by molar-refractivity contribution is 0.395. The van der Waals surface area contributed by atoms with Gasteiger partial charge in [0.1, 0.15) is 34.4 Å². The first-order valence-electron chi connectivity index (χ1n) is 9.50. The van der Waals surface area contributed by atoms with Gasteiger partial charge in [-0.2, -0.15) is 0 Å². The van der Waals surface area contributed by atoms with E-state index in [4.69, 9.17) is 42.1 Å². The van der Waals surface area contributed by atoms with E-state index >= 15 is 0 Å². The molecule has 8 heteroatoms. The lowest BCUT2D eigenvalue weighted by Crippen LogP contribution is -1.90. The van der Waals surface area contributed by atoms with Crippen LogP contribution in [0.4, 0.5) is 11.4 Å². The van der Waals surface area contributed by atoms with Gasteiger partial charge in [-0.15, -0.1) is 0 Å². The summed E-state index contributed by atoms with van der Waals surface area (Å²) in [4.78, 5) is 8.98. The van der Waals surface area contributed by atoms with E-state index in [0.717, 1.165) is 11.1 Å². The van der Waals surface area contributed by atoms with Crippen molar-refractivity contribution >= 4 is 47.0 Å². The number of methoxy groups -OCH3 is 4. The summed E-state index contributed by atoms with van der Waals surface area (Å²) < 4.78 is 21.2. The summed E-state index contributed by atoms with van der Waals surface area (Å²) in [6, 6.07) is 14.5. The quantitative estimate of drug-likeness (QED) is 0.349. The van der Waals surface area contributed by atoms with Gasteiger partial charge in [0.25, 0.3) is 0 Å². The zero-order valence-electron chi connectivity index (χ0n) is 18.1. The summed E-state index contributed by atoms with van der Waals surface area (Å²) in [6.07, 6.45) is 3.46. The SMILES string of the molecule is COc1cc(OC)c(N=Cc2ccc(C=Nc3cc(Cl)c(OC)cc3OC)cc2)cc1Cl. The molecule has 0 saturated heterocycles. The highest BCUT2D eigenvalue weighted by Gasteiger charge is 2.10. The van der Waals surface area contributed by atoms with Crippen LogP contribution in [0.1, 0.15) is 11.1 Å². The minimum absolute atomic E-state index is 0.459. The average molecular weight is 473 g/mol. The maximum atomic E-state index is 6.20. The Labute approximate surface area is 197 Å². The van der Waals surface area contributed by atoms with Crippen LogP contribution in [0.3, 0.4) is 0 Å². The van der Waals surface area contributed by atoms with Crippen molar-refractivity contribution in [1.29, 1.82) is 0 Å². The van der Waals surface area contributed by atoms with Crippen LogP contribution in [0.15, 0.2) is 58.5 Å². The molecule has 3 aromatic rings. The largest absolute Gasteiger partial charge is 0.495 e. The molecule has 0 aromatic heterocycles. The summed E-state index contributed by atoms with van der Waals surface area (Å²) in [6.45, 7) is 0. The van der Waals surface area contributed by atoms with Crippen molar-refractivity contribution in [3.05, 3.63) is 69.7 Å². The highest BCUT2D eigenvalue weighted by molar-refractivity contribution is 6.32. The molecule has 0 heterocycles. The summed E-state index contributed by atoms with van der Waals surface area (Å²) in [5.74, 6) is 2.19. The standard InChI is InChI=1S/C24H22Cl2N2O4/c1-29-21-11-23(31-3)19(9-17(21)25)27-13-15-5-7-16(8-6-15)14-28-20-10-18(26)22(30-2)12-24(20)32-4/h5-14H,1-4H3. The van der Waals surface area contributed by atoms with Crippen molar-refractivity contribution in [3.63, 3.8) is 0 Å². The van der Waals surface area contributed by atoms with E-state index in [0.29, 0.717) is 44.4 Å². The second-order valence-corrected chi connectivity index (χ2v) is 7.31. The fourth-order valence-corrected chi connectivity index (χ4v) is 3.32. The molecule has 0 aliphatic rings. The predicted octanol–water partition coefficient (Wildman–Crippen LogP) is 6.53. The summed E-state index contributed by atoms with van der Waals surface area (Å²) in [5, 5.41) is 0.919. The molecule has 0 unspecified atom stereocenters. The van der Waals surface area contributed by atoms with Crippen LogP contribution in [0.2, 0.25) is 10.0 Å². The smallest absolute Gasteiger partial charge is 0.148 e. The third-order valence-electron chi connectivity index (χ3n) is 4.55. The third kappa shape index (κ3) is 5.52. The molecule has 0 atom stereocenters. The van der Waals surface area contributed by atoms with Gasteiger partial charge in [-0.3, -0.25) is 9.98 Å². The van der Waals surface area contributed by atoms with Crippen molar-refractivity contribution < 1.29 is 18.9 Å². The number of aliphatic imine (C=N–C) groups is 2. The molecule has 3 aromatic carbocycles. The van der Waals surface area contributed by atoms with Crippen molar-refractivity contribution in [3.8, 4) is 23.0 Å². The van der Waals surface area contributed by atoms with Gasteiger partial charge in [0, 0.05) is 24.6 Å². The third-order valence-corrected chi connectivity index (χ3v) is 5.14. The molecule has 0 fully saturated rings. The number of rotatable bonds is 8. The van der Waals surface area contributed by atoms with Gasteiger partial charge in [0.05, 0.1) is 38.5 Å². The fraction of sp³-hybridized carbons (Fsp3) is 0.167. The Balaban J connectivity index is 1.78. The summed E-state index contributed by atoms with van der Waals surface area (Å²) >= 11 is 12.4. The maximum absolute atomic E-state index is 6.20. The molecule has 0 aliphatic heterocycles.